The quantitative estimate of drug-likeness (QED) is 0.267. The average Bonchev–Trinajstić information content (AvgIpc) is 2.99. The SMILES string of the molecule is CC(C)c1cccc2c1-n1c(=O)nc(N3C[C@@H](C)N(C(=O)CCCl)C[C@@H]3C)c3cc(F)c(nc31)-c1c(F)cccc1NCCC2. The van der Waals surface area contributed by atoms with Crippen molar-refractivity contribution < 1.29 is 13.6 Å². The van der Waals surface area contributed by atoms with Gasteiger partial charge in [-0.15, -0.1) is 11.6 Å². The first kappa shape index (κ1) is 31.0. The third kappa shape index (κ3) is 5.54. The maximum Gasteiger partial charge on any atom is 0.355 e. The molecule has 2 atom stereocenters. The maximum absolute atomic E-state index is 16.3. The second-order valence-electron chi connectivity index (χ2n) is 12.3. The normalized spacial score (nSPS) is 18.3. The van der Waals surface area contributed by atoms with E-state index in [-0.39, 0.29) is 58.9 Å². The van der Waals surface area contributed by atoms with E-state index in [2.05, 4.69) is 24.1 Å². The van der Waals surface area contributed by atoms with Gasteiger partial charge in [0, 0.05) is 49.7 Å². The molecule has 8 nitrogen and oxygen atoms in total. The molecule has 1 fully saturated rings. The van der Waals surface area contributed by atoms with E-state index in [0.29, 0.717) is 49.2 Å². The molecule has 11 heteroatoms. The number of para-hydroxylation sites is 1. The number of carbonyl (C=O) groups excluding carboxylic acids is 1. The third-order valence-corrected chi connectivity index (χ3v) is 9.06. The van der Waals surface area contributed by atoms with Gasteiger partial charge in [-0.05, 0) is 61.9 Å². The monoisotopic (exact) mass is 634 g/mol. The Morgan fingerprint density at radius 3 is 2.60 bits per heavy atom. The van der Waals surface area contributed by atoms with E-state index in [1.807, 2.05) is 36.9 Å². The highest BCUT2D eigenvalue weighted by atomic mass is 35.5. The standard InChI is InChI=1S/C34H37ClF2N6O2/c1-19(2)23-10-5-8-22-9-7-15-38-27-12-6-11-25(36)29(27)30-26(37)16-24-32(40-34(45)43(31(22)23)33(24)39-30)42-18-20(3)41(17-21(42)4)28(44)13-14-35/h5-6,8,10-12,16,19-21,38H,7,9,13-15,17-18H2,1-4H3/t20-,21+/m1/s1. The molecule has 2 aliphatic rings. The molecule has 4 aromatic rings. The van der Waals surface area contributed by atoms with E-state index >= 15 is 8.78 Å². The lowest BCUT2D eigenvalue weighted by atomic mass is 9.95. The van der Waals surface area contributed by atoms with Crippen LogP contribution in [0.15, 0.2) is 47.3 Å². The van der Waals surface area contributed by atoms with E-state index in [1.165, 1.54) is 16.7 Å². The van der Waals surface area contributed by atoms with Gasteiger partial charge in [-0.2, -0.15) is 4.98 Å². The van der Waals surface area contributed by atoms with Gasteiger partial charge in [-0.25, -0.2) is 23.1 Å². The minimum absolute atomic E-state index is 0.0145. The molecule has 236 valence electrons. The molecule has 45 heavy (non-hydrogen) atoms. The number of rotatable bonds is 4. The van der Waals surface area contributed by atoms with E-state index in [4.69, 9.17) is 16.6 Å². The van der Waals surface area contributed by atoms with Crippen molar-refractivity contribution in [2.24, 2.45) is 0 Å². The Balaban J connectivity index is 1.65. The van der Waals surface area contributed by atoms with Gasteiger partial charge >= 0.3 is 5.69 Å². The Kier molecular flexibility index (Phi) is 8.52. The number of carbonyl (C=O) groups is 1. The van der Waals surface area contributed by atoms with Crippen LogP contribution in [0.25, 0.3) is 28.0 Å². The van der Waals surface area contributed by atoms with Gasteiger partial charge in [0.05, 0.1) is 16.6 Å². The van der Waals surface area contributed by atoms with Crippen molar-refractivity contribution in [1.29, 1.82) is 0 Å². The molecule has 2 aromatic carbocycles. The molecule has 2 aliphatic heterocycles. The number of halogens is 3. The summed E-state index contributed by atoms with van der Waals surface area (Å²) < 4.78 is 33.2. The van der Waals surface area contributed by atoms with E-state index in [1.54, 1.807) is 17.0 Å². The lowest BCUT2D eigenvalue weighted by Gasteiger charge is -2.45. The fraction of sp³-hybridized carbons (Fsp3) is 0.412. The van der Waals surface area contributed by atoms with Gasteiger partial charge < -0.3 is 15.1 Å². The number of pyridine rings is 1. The number of aromatic nitrogens is 3. The molecule has 0 saturated carbocycles. The van der Waals surface area contributed by atoms with Crippen LogP contribution in [0.2, 0.25) is 0 Å². The van der Waals surface area contributed by atoms with Crippen molar-refractivity contribution in [3.8, 4) is 16.9 Å². The van der Waals surface area contributed by atoms with Crippen LogP contribution in [0.1, 0.15) is 57.6 Å². The first-order valence-electron chi connectivity index (χ1n) is 15.5. The lowest BCUT2D eigenvalue weighted by Crippen LogP contribution is -2.58. The molecule has 2 bridgehead atoms. The largest absolute Gasteiger partial charge is 0.384 e. The van der Waals surface area contributed by atoms with Gasteiger partial charge in [0.2, 0.25) is 5.91 Å². The highest BCUT2D eigenvalue weighted by Gasteiger charge is 2.35. The molecule has 1 saturated heterocycles. The number of fused-ring (bicyclic) bond motifs is 5. The Morgan fingerprint density at radius 1 is 1.07 bits per heavy atom. The summed E-state index contributed by atoms with van der Waals surface area (Å²) in [5.41, 5.74) is 2.47. The smallest absolute Gasteiger partial charge is 0.355 e. The predicted octanol–water partition coefficient (Wildman–Crippen LogP) is 6.26. The predicted molar refractivity (Wildman–Crippen MR) is 175 cm³/mol. The Bertz CT molecular complexity index is 1840. The number of benzene rings is 2. The number of piperazine rings is 1. The second-order valence-corrected chi connectivity index (χ2v) is 12.7. The highest BCUT2D eigenvalue weighted by Crippen LogP contribution is 2.37. The van der Waals surface area contributed by atoms with E-state index < -0.39 is 17.3 Å². The number of nitrogens with one attached hydrogen (secondary N) is 1. The Labute approximate surface area is 266 Å². The van der Waals surface area contributed by atoms with Crippen LogP contribution < -0.4 is 15.9 Å². The summed E-state index contributed by atoms with van der Waals surface area (Å²) in [6.45, 7) is 9.27. The van der Waals surface area contributed by atoms with Crippen molar-refractivity contribution in [3.63, 3.8) is 0 Å². The second kappa shape index (κ2) is 12.4. The number of nitrogens with zero attached hydrogens (tertiary/aromatic N) is 5. The molecule has 0 spiro atoms. The summed E-state index contributed by atoms with van der Waals surface area (Å²) in [6, 6.07) is 11.4. The first-order valence-corrected chi connectivity index (χ1v) is 16.0. The lowest BCUT2D eigenvalue weighted by molar-refractivity contribution is -0.133. The third-order valence-electron chi connectivity index (χ3n) is 8.87. The number of amides is 1. The molecule has 2 aromatic heterocycles. The molecule has 1 N–H and O–H groups in total. The van der Waals surface area contributed by atoms with Crippen LogP contribution in [0.5, 0.6) is 0 Å². The van der Waals surface area contributed by atoms with Crippen LogP contribution in [0.4, 0.5) is 20.3 Å². The number of hydrogen-bond donors (Lipinski definition) is 1. The number of anilines is 2. The summed E-state index contributed by atoms with van der Waals surface area (Å²) in [4.78, 5) is 40.2. The topological polar surface area (TPSA) is 83.4 Å². The fourth-order valence-electron chi connectivity index (χ4n) is 6.66. The zero-order valence-electron chi connectivity index (χ0n) is 25.9. The Morgan fingerprint density at radius 2 is 1.84 bits per heavy atom. The summed E-state index contributed by atoms with van der Waals surface area (Å²) in [7, 11) is 0. The molecule has 0 radical (unpaired) electrons. The minimum atomic E-state index is -0.727. The minimum Gasteiger partial charge on any atom is -0.384 e. The molecule has 1 amide bonds. The van der Waals surface area contributed by atoms with Crippen LogP contribution in [-0.4, -0.2) is 62.9 Å². The molecule has 6 rings (SSSR count). The average molecular weight is 635 g/mol. The van der Waals surface area contributed by atoms with Crippen molar-refractivity contribution in [1.82, 2.24) is 19.4 Å². The maximum atomic E-state index is 16.3. The van der Waals surface area contributed by atoms with Gasteiger partial charge in [-0.3, -0.25) is 4.79 Å². The zero-order valence-corrected chi connectivity index (χ0v) is 26.7. The number of alkyl halides is 1. The van der Waals surface area contributed by atoms with Crippen LogP contribution in [-0.2, 0) is 11.2 Å². The van der Waals surface area contributed by atoms with Crippen molar-refractivity contribution in [2.75, 3.05) is 35.7 Å². The molecule has 0 unspecified atom stereocenters. The van der Waals surface area contributed by atoms with Gasteiger partial charge in [-0.1, -0.05) is 38.1 Å². The fourth-order valence-corrected chi connectivity index (χ4v) is 6.82. The molecular weight excluding hydrogens is 598 g/mol. The van der Waals surface area contributed by atoms with Crippen molar-refractivity contribution in [3.05, 3.63) is 75.7 Å². The van der Waals surface area contributed by atoms with Gasteiger partial charge in [0.25, 0.3) is 0 Å². The van der Waals surface area contributed by atoms with Gasteiger partial charge in [0.1, 0.15) is 17.3 Å². The van der Waals surface area contributed by atoms with Crippen LogP contribution in [0.3, 0.4) is 0 Å². The zero-order chi connectivity index (χ0) is 32.0. The highest BCUT2D eigenvalue weighted by molar-refractivity contribution is 6.18. The summed E-state index contributed by atoms with van der Waals surface area (Å²) in [5, 5.41) is 3.62. The Hall–Kier alpha value is -4.05. The molecular formula is C34H37ClF2N6O2. The van der Waals surface area contributed by atoms with Crippen molar-refractivity contribution in [2.45, 2.75) is 65.0 Å². The summed E-state index contributed by atoms with van der Waals surface area (Å²) in [5.74, 6) is -0.801. The number of aryl methyl sites for hydroxylation is 1. The van der Waals surface area contributed by atoms with E-state index in [9.17, 15) is 9.59 Å². The summed E-state index contributed by atoms with van der Waals surface area (Å²) >= 11 is 5.85. The number of hydrogen-bond acceptors (Lipinski definition) is 6. The molecule has 0 aliphatic carbocycles. The van der Waals surface area contributed by atoms with Crippen LogP contribution in [0, 0.1) is 11.6 Å². The first-order chi connectivity index (χ1) is 21.6. The molecule has 4 heterocycles. The summed E-state index contributed by atoms with van der Waals surface area (Å²) in [6.07, 6.45) is 1.57. The van der Waals surface area contributed by atoms with Crippen LogP contribution >= 0.6 is 11.6 Å². The van der Waals surface area contributed by atoms with E-state index in [0.717, 1.165) is 11.1 Å². The van der Waals surface area contributed by atoms with Crippen molar-refractivity contribution >= 4 is 40.0 Å². The van der Waals surface area contributed by atoms with Gasteiger partial charge in [0.15, 0.2) is 11.5 Å².